The lowest BCUT2D eigenvalue weighted by atomic mass is 9.74. The fourth-order valence-electron chi connectivity index (χ4n) is 0.726. The molecular formula is C7H11N3. The Labute approximate surface area is 60.8 Å². The summed E-state index contributed by atoms with van der Waals surface area (Å²) in [6.45, 7) is 6.44. The molecule has 1 aliphatic heterocycles. The van der Waals surface area contributed by atoms with E-state index in [4.69, 9.17) is 5.26 Å². The van der Waals surface area contributed by atoms with Gasteiger partial charge in [-0.2, -0.15) is 15.5 Å². The van der Waals surface area contributed by atoms with Crippen LogP contribution in [0, 0.1) is 16.7 Å². The van der Waals surface area contributed by atoms with E-state index in [2.05, 4.69) is 16.3 Å². The van der Waals surface area contributed by atoms with Gasteiger partial charge in [-0.05, 0) is 20.8 Å². The van der Waals surface area contributed by atoms with Crippen LogP contribution in [0.15, 0.2) is 10.2 Å². The van der Waals surface area contributed by atoms with Gasteiger partial charge in [-0.1, -0.05) is 0 Å². The molecule has 1 atom stereocenters. The monoisotopic (exact) mass is 137 g/mol. The normalized spacial score (nSPS) is 31.0. The highest BCUT2D eigenvalue weighted by Gasteiger charge is 2.45. The summed E-state index contributed by atoms with van der Waals surface area (Å²) in [4.78, 5) is 0. The van der Waals surface area contributed by atoms with Crippen molar-refractivity contribution in [3.8, 4) is 6.07 Å². The number of azo groups is 1. The van der Waals surface area contributed by atoms with Crippen LogP contribution in [-0.4, -0.2) is 12.1 Å². The summed E-state index contributed by atoms with van der Waals surface area (Å²) in [7, 11) is 0. The summed E-state index contributed by atoms with van der Waals surface area (Å²) in [5.74, 6) is 0. The van der Waals surface area contributed by atoms with Crippen molar-refractivity contribution in [1.82, 2.24) is 0 Å². The average Bonchev–Trinajstić information content (AvgIpc) is 1.82. The highest BCUT2D eigenvalue weighted by atomic mass is 15.3. The summed E-state index contributed by atoms with van der Waals surface area (Å²) < 4.78 is 0. The van der Waals surface area contributed by atoms with Gasteiger partial charge in [0.15, 0.2) is 0 Å². The Morgan fingerprint density at radius 3 is 2.20 bits per heavy atom. The number of nitrogens with zero attached hydrogens (tertiary/aromatic N) is 3. The maximum absolute atomic E-state index is 8.74. The van der Waals surface area contributed by atoms with Gasteiger partial charge in [0, 0.05) is 0 Å². The third-order valence-corrected chi connectivity index (χ3v) is 2.30. The molecule has 0 saturated carbocycles. The van der Waals surface area contributed by atoms with Gasteiger partial charge in [0.2, 0.25) is 0 Å². The molecule has 0 amide bonds. The summed E-state index contributed by atoms with van der Waals surface area (Å²) in [6, 6.07) is 2.23. The van der Waals surface area contributed by atoms with Gasteiger partial charge in [-0.25, -0.2) is 0 Å². The minimum Gasteiger partial charge on any atom is -0.198 e. The van der Waals surface area contributed by atoms with Crippen LogP contribution in [-0.2, 0) is 0 Å². The highest BCUT2D eigenvalue weighted by Crippen LogP contribution is 2.38. The zero-order chi connectivity index (χ0) is 7.83. The first-order chi connectivity index (χ1) is 4.52. The second-order valence-electron chi connectivity index (χ2n) is 3.41. The van der Waals surface area contributed by atoms with Gasteiger partial charge in [0.1, 0.15) is 5.54 Å². The van der Waals surface area contributed by atoms with Crippen molar-refractivity contribution in [2.75, 3.05) is 6.54 Å². The molecule has 0 aromatic rings. The van der Waals surface area contributed by atoms with Gasteiger partial charge >= 0.3 is 0 Å². The largest absolute Gasteiger partial charge is 0.198 e. The van der Waals surface area contributed by atoms with Gasteiger partial charge < -0.3 is 0 Å². The Morgan fingerprint density at radius 1 is 1.60 bits per heavy atom. The van der Waals surface area contributed by atoms with Crippen molar-refractivity contribution in [3.05, 3.63) is 0 Å². The van der Waals surface area contributed by atoms with Crippen molar-refractivity contribution < 1.29 is 0 Å². The molecule has 10 heavy (non-hydrogen) atoms. The maximum Gasteiger partial charge on any atom is 0.118 e. The summed E-state index contributed by atoms with van der Waals surface area (Å²) in [5, 5.41) is 16.4. The molecule has 0 spiro atoms. The lowest BCUT2D eigenvalue weighted by molar-refractivity contribution is 0.206. The van der Waals surface area contributed by atoms with Crippen molar-refractivity contribution in [1.29, 1.82) is 5.26 Å². The van der Waals surface area contributed by atoms with Crippen LogP contribution in [0.5, 0.6) is 0 Å². The standard InChI is InChI=1S/C7H11N3/c1-6(2,4-8)7(3)5-9-10-7/h5H2,1-3H3. The molecule has 0 radical (unpaired) electrons. The molecule has 54 valence electrons. The van der Waals surface area contributed by atoms with E-state index in [0.29, 0.717) is 6.54 Å². The quantitative estimate of drug-likeness (QED) is 0.543. The number of nitriles is 1. The van der Waals surface area contributed by atoms with E-state index in [0.717, 1.165) is 0 Å². The summed E-state index contributed by atoms with van der Waals surface area (Å²) in [5.41, 5.74) is -0.615. The molecule has 0 aromatic heterocycles. The Hall–Kier alpha value is -0.910. The Morgan fingerprint density at radius 2 is 2.10 bits per heavy atom. The van der Waals surface area contributed by atoms with Gasteiger partial charge in [-0.3, -0.25) is 0 Å². The topological polar surface area (TPSA) is 48.5 Å². The van der Waals surface area contributed by atoms with Gasteiger partial charge in [0.25, 0.3) is 0 Å². The lowest BCUT2D eigenvalue weighted by Crippen LogP contribution is -2.46. The minimum atomic E-state index is -0.380. The first-order valence-electron chi connectivity index (χ1n) is 3.32. The predicted octanol–water partition coefficient (Wildman–Crippen LogP) is 1.76. The molecule has 0 N–H and O–H groups in total. The van der Waals surface area contributed by atoms with E-state index in [1.165, 1.54) is 0 Å². The van der Waals surface area contributed by atoms with E-state index in [1.807, 2.05) is 20.8 Å². The van der Waals surface area contributed by atoms with E-state index < -0.39 is 0 Å². The second-order valence-corrected chi connectivity index (χ2v) is 3.41. The minimum absolute atomic E-state index is 0.234. The zero-order valence-corrected chi connectivity index (χ0v) is 6.55. The summed E-state index contributed by atoms with van der Waals surface area (Å²) >= 11 is 0. The predicted molar refractivity (Wildman–Crippen MR) is 37.5 cm³/mol. The Balaban J connectivity index is 2.85. The molecule has 1 heterocycles. The van der Waals surface area contributed by atoms with Crippen molar-refractivity contribution in [3.63, 3.8) is 0 Å². The maximum atomic E-state index is 8.74. The van der Waals surface area contributed by atoms with Crippen LogP contribution in [0.1, 0.15) is 20.8 Å². The van der Waals surface area contributed by atoms with Crippen molar-refractivity contribution >= 4 is 0 Å². The fraction of sp³-hybridized carbons (Fsp3) is 0.857. The Kier molecular flexibility index (Phi) is 1.29. The molecule has 0 aliphatic carbocycles. The van der Waals surface area contributed by atoms with E-state index >= 15 is 0 Å². The second kappa shape index (κ2) is 1.79. The van der Waals surface area contributed by atoms with E-state index in [-0.39, 0.29) is 11.0 Å². The molecule has 0 aromatic carbocycles. The third kappa shape index (κ3) is 0.722. The van der Waals surface area contributed by atoms with Gasteiger partial charge in [0.05, 0.1) is 18.0 Å². The molecule has 3 nitrogen and oxygen atoms in total. The molecular weight excluding hydrogens is 126 g/mol. The van der Waals surface area contributed by atoms with Crippen LogP contribution in [0.2, 0.25) is 0 Å². The smallest absolute Gasteiger partial charge is 0.118 e. The molecule has 1 rings (SSSR count). The molecule has 1 unspecified atom stereocenters. The van der Waals surface area contributed by atoms with Gasteiger partial charge in [-0.15, -0.1) is 0 Å². The molecule has 0 saturated heterocycles. The summed E-state index contributed by atoms with van der Waals surface area (Å²) in [6.07, 6.45) is 0. The SMILES string of the molecule is CC(C)(C#N)C1(C)CN=N1. The van der Waals surface area contributed by atoms with Crippen molar-refractivity contribution in [2.45, 2.75) is 26.3 Å². The van der Waals surface area contributed by atoms with Crippen LogP contribution in [0.4, 0.5) is 0 Å². The number of hydrogen-bond acceptors (Lipinski definition) is 3. The first kappa shape index (κ1) is 7.20. The molecule has 0 fully saturated rings. The average molecular weight is 137 g/mol. The van der Waals surface area contributed by atoms with Crippen LogP contribution in [0.25, 0.3) is 0 Å². The molecule has 3 heteroatoms. The molecule has 1 aliphatic rings. The molecule has 0 bridgehead atoms. The first-order valence-corrected chi connectivity index (χ1v) is 3.32. The Bertz CT molecular complexity index is 211. The van der Waals surface area contributed by atoms with Crippen LogP contribution in [0.3, 0.4) is 0 Å². The fourth-order valence-corrected chi connectivity index (χ4v) is 0.726. The van der Waals surface area contributed by atoms with Crippen molar-refractivity contribution in [2.24, 2.45) is 15.6 Å². The lowest BCUT2D eigenvalue weighted by Gasteiger charge is -2.37. The number of hydrogen-bond donors (Lipinski definition) is 0. The van der Waals surface area contributed by atoms with Crippen LogP contribution < -0.4 is 0 Å². The van der Waals surface area contributed by atoms with E-state index in [1.54, 1.807) is 0 Å². The van der Waals surface area contributed by atoms with Crippen LogP contribution >= 0.6 is 0 Å². The third-order valence-electron chi connectivity index (χ3n) is 2.30. The van der Waals surface area contributed by atoms with E-state index in [9.17, 15) is 0 Å². The highest BCUT2D eigenvalue weighted by molar-refractivity contribution is 5.12. The zero-order valence-electron chi connectivity index (χ0n) is 6.55. The number of rotatable bonds is 1.